The summed E-state index contributed by atoms with van der Waals surface area (Å²) in [6.07, 6.45) is 0.815. The fraction of sp³-hybridized carbons (Fsp3) is 0.133. The van der Waals surface area contributed by atoms with E-state index >= 15 is 0 Å². The lowest BCUT2D eigenvalue weighted by molar-refractivity contribution is 0.102. The summed E-state index contributed by atoms with van der Waals surface area (Å²) in [5.74, 6) is 0.380. The molecule has 1 N–H and O–H groups in total. The Morgan fingerprint density at radius 1 is 1.15 bits per heavy atom. The van der Waals surface area contributed by atoms with Gasteiger partial charge in [-0.1, -0.05) is 23.7 Å². The maximum Gasteiger partial charge on any atom is 0.256 e. The number of halogens is 3. The van der Waals surface area contributed by atoms with E-state index in [4.69, 9.17) is 23.2 Å². The Hall–Kier alpha value is -1.03. The first-order chi connectivity index (χ1) is 9.60. The number of benzene rings is 2. The van der Waals surface area contributed by atoms with E-state index in [1.807, 2.05) is 24.3 Å². The molecule has 2 aromatic rings. The second-order valence-corrected chi connectivity index (χ2v) is 5.88. The van der Waals surface area contributed by atoms with E-state index in [0.29, 0.717) is 20.9 Å². The van der Waals surface area contributed by atoms with Gasteiger partial charge in [0.25, 0.3) is 5.91 Å². The molecule has 0 fully saturated rings. The predicted octanol–water partition coefficient (Wildman–Crippen LogP) is 5.14. The van der Waals surface area contributed by atoms with Crippen LogP contribution < -0.4 is 5.32 Å². The largest absolute Gasteiger partial charge is 0.322 e. The second kappa shape index (κ2) is 7.11. The van der Waals surface area contributed by atoms with Crippen molar-refractivity contribution < 1.29 is 4.79 Å². The summed E-state index contributed by atoms with van der Waals surface area (Å²) in [4.78, 5) is 12.2. The Labute approximate surface area is 136 Å². The Morgan fingerprint density at radius 2 is 1.85 bits per heavy atom. The molecule has 5 heteroatoms. The minimum atomic E-state index is -0.204. The molecule has 0 aliphatic rings. The minimum absolute atomic E-state index is 0.204. The number of alkyl halides is 1. The number of hydrogen-bond acceptors (Lipinski definition) is 1. The van der Waals surface area contributed by atoms with Gasteiger partial charge in [-0.15, -0.1) is 11.6 Å². The van der Waals surface area contributed by atoms with Gasteiger partial charge in [0.1, 0.15) is 0 Å². The number of carbonyl (C=O) groups excluding carboxylic acids is 1. The molecule has 1 amide bonds. The van der Waals surface area contributed by atoms with Crippen molar-refractivity contribution in [2.45, 2.75) is 6.42 Å². The van der Waals surface area contributed by atoms with E-state index in [9.17, 15) is 4.79 Å². The zero-order valence-electron chi connectivity index (χ0n) is 10.5. The van der Waals surface area contributed by atoms with E-state index in [0.717, 1.165) is 17.7 Å². The Kier molecular flexibility index (Phi) is 5.46. The van der Waals surface area contributed by atoms with Crippen molar-refractivity contribution in [1.82, 2.24) is 0 Å². The SMILES string of the molecule is O=C(Nc1ccc(CCCl)cc1)c1cc(Cl)ccc1Br. The van der Waals surface area contributed by atoms with Gasteiger partial charge in [0, 0.05) is 21.1 Å². The van der Waals surface area contributed by atoms with Crippen LogP contribution in [0.15, 0.2) is 46.9 Å². The molecule has 2 rings (SSSR count). The molecule has 0 heterocycles. The highest BCUT2D eigenvalue weighted by Gasteiger charge is 2.10. The average Bonchev–Trinajstić information content (AvgIpc) is 2.44. The molecule has 0 aliphatic carbocycles. The van der Waals surface area contributed by atoms with Crippen LogP contribution in [0.3, 0.4) is 0 Å². The molecular formula is C15H12BrCl2NO. The van der Waals surface area contributed by atoms with Crippen LogP contribution in [0.5, 0.6) is 0 Å². The van der Waals surface area contributed by atoms with Crippen LogP contribution in [-0.2, 0) is 6.42 Å². The maximum atomic E-state index is 12.2. The van der Waals surface area contributed by atoms with Crippen LogP contribution in [0.25, 0.3) is 0 Å². The van der Waals surface area contributed by atoms with Gasteiger partial charge in [-0.3, -0.25) is 4.79 Å². The average molecular weight is 373 g/mol. The number of anilines is 1. The van der Waals surface area contributed by atoms with Crippen LogP contribution >= 0.6 is 39.1 Å². The highest BCUT2D eigenvalue weighted by atomic mass is 79.9. The van der Waals surface area contributed by atoms with E-state index in [1.54, 1.807) is 18.2 Å². The lowest BCUT2D eigenvalue weighted by Gasteiger charge is -2.08. The molecular weight excluding hydrogens is 361 g/mol. The van der Waals surface area contributed by atoms with Crippen molar-refractivity contribution >= 4 is 50.7 Å². The van der Waals surface area contributed by atoms with Crippen molar-refractivity contribution in [1.29, 1.82) is 0 Å². The number of rotatable bonds is 4. The van der Waals surface area contributed by atoms with Gasteiger partial charge in [-0.25, -0.2) is 0 Å². The zero-order chi connectivity index (χ0) is 14.5. The quantitative estimate of drug-likeness (QED) is 0.740. The number of carbonyl (C=O) groups is 1. The maximum absolute atomic E-state index is 12.2. The Balaban J connectivity index is 2.13. The van der Waals surface area contributed by atoms with Gasteiger partial charge in [0.2, 0.25) is 0 Å². The molecule has 0 atom stereocenters. The van der Waals surface area contributed by atoms with Gasteiger partial charge in [0.15, 0.2) is 0 Å². The fourth-order valence-electron chi connectivity index (χ4n) is 1.73. The molecule has 0 aliphatic heterocycles. The van der Waals surface area contributed by atoms with Crippen LogP contribution in [0.4, 0.5) is 5.69 Å². The van der Waals surface area contributed by atoms with Crippen molar-refractivity contribution in [3.63, 3.8) is 0 Å². The van der Waals surface area contributed by atoms with Gasteiger partial charge in [-0.2, -0.15) is 0 Å². The summed E-state index contributed by atoms with van der Waals surface area (Å²) in [6, 6.07) is 12.7. The Bertz CT molecular complexity index is 614. The number of hydrogen-bond donors (Lipinski definition) is 1. The predicted molar refractivity (Wildman–Crippen MR) is 88.0 cm³/mol. The number of nitrogens with one attached hydrogen (secondary N) is 1. The first-order valence-electron chi connectivity index (χ1n) is 6.01. The summed E-state index contributed by atoms with van der Waals surface area (Å²) in [7, 11) is 0. The van der Waals surface area contributed by atoms with Crippen LogP contribution in [0.2, 0.25) is 5.02 Å². The van der Waals surface area contributed by atoms with Gasteiger partial charge < -0.3 is 5.32 Å². The number of amides is 1. The second-order valence-electron chi connectivity index (χ2n) is 4.21. The lowest BCUT2D eigenvalue weighted by atomic mass is 10.1. The molecule has 20 heavy (non-hydrogen) atoms. The zero-order valence-corrected chi connectivity index (χ0v) is 13.6. The van der Waals surface area contributed by atoms with Crippen molar-refractivity contribution in [2.75, 3.05) is 11.2 Å². The first-order valence-corrected chi connectivity index (χ1v) is 7.72. The van der Waals surface area contributed by atoms with Crippen LogP contribution in [0, 0.1) is 0 Å². The highest BCUT2D eigenvalue weighted by molar-refractivity contribution is 9.10. The summed E-state index contributed by atoms with van der Waals surface area (Å²) in [6.45, 7) is 0. The van der Waals surface area contributed by atoms with Crippen LogP contribution in [-0.4, -0.2) is 11.8 Å². The van der Waals surface area contributed by atoms with Crippen molar-refractivity contribution in [3.8, 4) is 0 Å². The summed E-state index contributed by atoms with van der Waals surface area (Å²) < 4.78 is 0.707. The molecule has 0 aromatic heterocycles. The standard InChI is InChI=1S/C15H12BrCl2NO/c16-14-6-3-11(18)9-13(14)15(20)19-12-4-1-10(2-5-12)7-8-17/h1-6,9H,7-8H2,(H,19,20). The number of aryl methyl sites for hydroxylation is 1. The monoisotopic (exact) mass is 371 g/mol. The van der Waals surface area contributed by atoms with Gasteiger partial charge in [-0.05, 0) is 58.2 Å². The minimum Gasteiger partial charge on any atom is -0.322 e. The van der Waals surface area contributed by atoms with Crippen molar-refractivity contribution in [3.05, 3.63) is 63.1 Å². The van der Waals surface area contributed by atoms with E-state index in [2.05, 4.69) is 21.2 Å². The molecule has 0 radical (unpaired) electrons. The van der Waals surface area contributed by atoms with E-state index < -0.39 is 0 Å². The topological polar surface area (TPSA) is 29.1 Å². The molecule has 2 aromatic carbocycles. The molecule has 2 nitrogen and oxygen atoms in total. The van der Waals surface area contributed by atoms with E-state index in [1.165, 1.54) is 0 Å². The smallest absolute Gasteiger partial charge is 0.256 e. The third kappa shape index (κ3) is 3.98. The van der Waals surface area contributed by atoms with Gasteiger partial charge >= 0.3 is 0 Å². The summed E-state index contributed by atoms with van der Waals surface area (Å²) in [5.41, 5.74) is 2.38. The van der Waals surface area contributed by atoms with Gasteiger partial charge in [0.05, 0.1) is 5.56 Å². The molecule has 0 saturated heterocycles. The fourth-order valence-corrected chi connectivity index (χ4v) is 2.55. The third-order valence-corrected chi connectivity index (χ3v) is 3.88. The first kappa shape index (κ1) is 15.4. The molecule has 104 valence electrons. The third-order valence-electron chi connectivity index (χ3n) is 2.77. The highest BCUT2D eigenvalue weighted by Crippen LogP contribution is 2.22. The molecule has 0 saturated carbocycles. The van der Waals surface area contributed by atoms with E-state index in [-0.39, 0.29) is 5.91 Å². The molecule has 0 spiro atoms. The van der Waals surface area contributed by atoms with Crippen LogP contribution in [0.1, 0.15) is 15.9 Å². The molecule has 0 bridgehead atoms. The summed E-state index contributed by atoms with van der Waals surface area (Å²) >= 11 is 14.9. The normalized spacial score (nSPS) is 10.3. The lowest BCUT2D eigenvalue weighted by Crippen LogP contribution is -2.12. The van der Waals surface area contributed by atoms with Crippen molar-refractivity contribution in [2.24, 2.45) is 0 Å². The Morgan fingerprint density at radius 3 is 2.50 bits per heavy atom. The summed E-state index contributed by atoms with van der Waals surface area (Å²) in [5, 5.41) is 3.36. The molecule has 0 unspecified atom stereocenters.